The second kappa shape index (κ2) is 5.38. The van der Waals surface area contributed by atoms with Crippen LogP contribution in [0.15, 0.2) is 12.3 Å². The van der Waals surface area contributed by atoms with E-state index < -0.39 is 0 Å². The van der Waals surface area contributed by atoms with E-state index in [1.165, 1.54) is 12.1 Å². The van der Waals surface area contributed by atoms with Crippen molar-refractivity contribution in [2.75, 3.05) is 13.1 Å². The molecule has 22 heavy (non-hydrogen) atoms. The molecule has 116 valence electrons. The fourth-order valence-electron chi connectivity index (χ4n) is 3.55. The first-order valence-corrected chi connectivity index (χ1v) is 8.32. The summed E-state index contributed by atoms with van der Waals surface area (Å²) in [4.78, 5) is 26.7. The lowest BCUT2D eigenvalue weighted by Gasteiger charge is -2.36. The van der Waals surface area contributed by atoms with E-state index in [2.05, 4.69) is 25.9 Å². The molecule has 0 bridgehead atoms. The Balaban J connectivity index is 1.44. The summed E-state index contributed by atoms with van der Waals surface area (Å²) in [6, 6.07) is 2.12. The summed E-state index contributed by atoms with van der Waals surface area (Å²) in [7, 11) is 0. The number of aromatic amines is 1. The molecule has 0 atom stereocenters. The van der Waals surface area contributed by atoms with Crippen LogP contribution < -0.4 is 0 Å². The molecule has 4 rings (SSSR count). The lowest BCUT2D eigenvalue weighted by atomic mass is 9.83. The van der Waals surface area contributed by atoms with Gasteiger partial charge in [0.25, 0.3) is 0 Å². The van der Waals surface area contributed by atoms with Gasteiger partial charge in [0.05, 0.1) is 5.69 Å². The molecular weight excluding hydrogens is 276 g/mol. The molecule has 0 spiro atoms. The van der Waals surface area contributed by atoms with E-state index >= 15 is 0 Å². The van der Waals surface area contributed by atoms with E-state index in [1.807, 2.05) is 6.92 Å². The number of carbonyl (C=O) groups is 1. The number of nitrogens with one attached hydrogen (secondary N) is 1. The van der Waals surface area contributed by atoms with Gasteiger partial charge in [0, 0.05) is 36.8 Å². The van der Waals surface area contributed by atoms with Gasteiger partial charge in [-0.2, -0.15) is 0 Å². The van der Waals surface area contributed by atoms with Crippen LogP contribution in [-0.4, -0.2) is 38.8 Å². The van der Waals surface area contributed by atoms with E-state index in [9.17, 15) is 4.79 Å². The molecule has 2 fully saturated rings. The maximum Gasteiger partial charge on any atom is 0.225 e. The SMILES string of the molecule is Cc1cnc2cc(C3CCN(C(=O)C4CCC4)CC3)[nH]c2n1. The molecule has 3 heterocycles. The van der Waals surface area contributed by atoms with Gasteiger partial charge >= 0.3 is 0 Å². The van der Waals surface area contributed by atoms with E-state index in [1.54, 1.807) is 6.20 Å². The van der Waals surface area contributed by atoms with Crippen molar-refractivity contribution in [2.45, 2.75) is 44.9 Å². The van der Waals surface area contributed by atoms with Crippen LogP contribution in [-0.2, 0) is 4.79 Å². The largest absolute Gasteiger partial charge is 0.342 e. The highest BCUT2D eigenvalue weighted by Gasteiger charge is 2.32. The molecule has 1 saturated heterocycles. The van der Waals surface area contributed by atoms with Gasteiger partial charge in [-0.05, 0) is 38.7 Å². The van der Waals surface area contributed by atoms with Crippen molar-refractivity contribution in [1.29, 1.82) is 0 Å². The highest BCUT2D eigenvalue weighted by Crippen LogP contribution is 2.33. The number of aryl methyl sites for hydroxylation is 1. The second-order valence-corrected chi connectivity index (χ2v) is 6.70. The molecule has 1 aliphatic carbocycles. The molecular formula is C17H22N4O. The van der Waals surface area contributed by atoms with Crippen molar-refractivity contribution in [1.82, 2.24) is 19.9 Å². The zero-order valence-electron chi connectivity index (χ0n) is 13.0. The van der Waals surface area contributed by atoms with Crippen molar-refractivity contribution in [3.8, 4) is 0 Å². The molecule has 1 saturated carbocycles. The third kappa shape index (κ3) is 2.38. The number of carbonyl (C=O) groups excluding carboxylic acids is 1. The summed E-state index contributed by atoms with van der Waals surface area (Å²) in [5, 5.41) is 0. The Hall–Kier alpha value is -1.91. The maximum absolute atomic E-state index is 12.3. The number of piperidine rings is 1. The summed E-state index contributed by atoms with van der Waals surface area (Å²) >= 11 is 0. The molecule has 0 aromatic carbocycles. The molecule has 1 aliphatic heterocycles. The van der Waals surface area contributed by atoms with E-state index in [0.717, 1.165) is 55.6 Å². The van der Waals surface area contributed by atoms with Crippen molar-refractivity contribution < 1.29 is 4.79 Å². The minimum Gasteiger partial charge on any atom is -0.342 e. The third-order valence-electron chi connectivity index (χ3n) is 5.18. The second-order valence-electron chi connectivity index (χ2n) is 6.70. The normalized spacial score (nSPS) is 20.3. The fourth-order valence-corrected chi connectivity index (χ4v) is 3.55. The van der Waals surface area contributed by atoms with Crippen molar-refractivity contribution >= 4 is 17.1 Å². The van der Waals surface area contributed by atoms with Crippen LogP contribution in [0.1, 0.15) is 49.4 Å². The highest BCUT2D eigenvalue weighted by atomic mass is 16.2. The summed E-state index contributed by atoms with van der Waals surface area (Å²) < 4.78 is 0. The predicted octanol–water partition coefficient (Wildman–Crippen LogP) is 2.77. The van der Waals surface area contributed by atoms with Crippen molar-refractivity contribution in [2.24, 2.45) is 5.92 Å². The van der Waals surface area contributed by atoms with Gasteiger partial charge in [-0.25, -0.2) is 4.98 Å². The zero-order chi connectivity index (χ0) is 15.1. The van der Waals surface area contributed by atoms with Gasteiger partial charge in [0.2, 0.25) is 5.91 Å². The molecule has 2 aliphatic rings. The molecule has 5 nitrogen and oxygen atoms in total. The number of hydrogen-bond donors (Lipinski definition) is 1. The first-order chi connectivity index (χ1) is 10.7. The quantitative estimate of drug-likeness (QED) is 0.927. The molecule has 2 aromatic rings. The Morgan fingerprint density at radius 2 is 2.05 bits per heavy atom. The van der Waals surface area contributed by atoms with Gasteiger partial charge in [-0.3, -0.25) is 9.78 Å². The topological polar surface area (TPSA) is 61.9 Å². The van der Waals surface area contributed by atoms with E-state index in [0.29, 0.717) is 17.7 Å². The van der Waals surface area contributed by atoms with Crippen LogP contribution in [0.2, 0.25) is 0 Å². The average Bonchev–Trinajstić information content (AvgIpc) is 2.88. The number of fused-ring (bicyclic) bond motifs is 1. The molecule has 2 aromatic heterocycles. The Labute approximate surface area is 130 Å². The maximum atomic E-state index is 12.3. The van der Waals surface area contributed by atoms with Gasteiger partial charge in [0.1, 0.15) is 5.52 Å². The summed E-state index contributed by atoms with van der Waals surface area (Å²) in [5.41, 5.74) is 3.97. The van der Waals surface area contributed by atoms with Gasteiger partial charge in [0.15, 0.2) is 5.65 Å². The van der Waals surface area contributed by atoms with Crippen LogP contribution in [0.25, 0.3) is 11.2 Å². The van der Waals surface area contributed by atoms with Gasteiger partial charge in [-0.1, -0.05) is 6.42 Å². The minimum absolute atomic E-state index is 0.320. The van der Waals surface area contributed by atoms with Gasteiger partial charge in [-0.15, -0.1) is 0 Å². The predicted molar refractivity (Wildman–Crippen MR) is 84.5 cm³/mol. The number of H-pyrrole nitrogens is 1. The van der Waals surface area contributed by atoms with Crippen molar-refractivity contribution in [3.63, 3.8) is 0 Å². The molecule has 1 amide bonds. The van der Waals surface area contributed by atoms with Crippen molar-refractivity contribution in [3.05, 3.63) is 23.7 Å². The Kier molecular flexibility index (Phi) is 3.36. The van der Waals surface area contributed by atoms with Crippen LogP contribution >= 0.6 is 0 Å². The van der Waals surface area contributed by atoms with E-state index in [-0.39, 0.29) is 0 Å². The van der Waals surface area contributed by atoms with E-state index in [4.69, 9.17) is 0 Å². The third-order valence-corrected chi connectivity index (χ3v) is 5.18. The number of likely N-dealkylation sites (tertiary alicyclic amines) is 1. The first kappa shape index (κ1) is 13.7. The monoisotopic (exact) mass is 298 g/mol. The Morgan fingerprint density at radius 1 is 1.27 bits per heavy atom. The molecule has 5 heteroatoms. The number of aromatic nitrogens is 3. The number of amides is 1. The minimum atomic E-state index is 0.320. The Bertz CT molecular complexity index is 696. The summed E-state index contributed by atoms with van der Waals surface area (Å²) in [6.45, 7) is 3.72. The summed E-state index contributed by atoms with van der Waals surface area (Å²) in [6.07, 6.45) is 7.28. The van der Waals surface area contributed by atoms with Gasteiger partial charge < -0.3 is 9.88 Å². The molecule has 1 N–H and O–H groups in total. The first-order valence-electron chi connectivity index (χ1n) is 8.32. The standard InChI is InChI=1S/C17H22N4O/c1-11-10-18-15-9-14(20-16(15)19-11)12-5-7-21(8-6-12)17(22)13-3-2-4-13/h9-10,12-13H,2-8H2,1H3,(H,19,20). The highest BCUT2D eigenvalue weighted by molar-refractivity contribution is 5.79. The lowest BCUT2D eigenvalue weighted by Crippen LogP contribution is -2.43. The number of hydrogen-bond acceptors (Lipinski definition) is 3. The van der Waals surface area contributed by atoms with Crippen LogP contribution in [0, 0.1) is 12.8 Å². The smallest absolute Gasteiger partial charge is 0.225 e. The fraction of sp³-hybridized carbons (Fsp3) is 0.588. The van der Waals surface area contributed by atoms with Crippen LogP contribution in [0.3, 0.4) is 0 Å². The Morgan fingerprint density at radius 3 is 2.73 bits per heavy atom. The van der Waals surface area contributed by atoms with Crippen LogP contribution in [0.5, 0.6) is 0 Å². The lowest BCUT2D eigenvalue weighted by molar-refractivity contribution is -0.139. The molecule has 0 unspecified atom stereocenters. The number of rotatable bonds is 2. The zero-order valence-corrected chi connectivity index (χ0v) is 13.0. The van der Waals surface area contributed by atoms with Crippen LogP contribution in [0.4, 0.5) is 0 Å². The number of nitrogens with zero attached hydrogens (tertiary/aromatic N) is 3. The average molecular weight is 298 g/mol. The summed E-state index contributed by atoms with van der Waals surface area (Å²) in [5.74, 6) is 1.20. The molecule has 0 radical (unpaired) electrons.